The maximum absolute atomic E-state index is 12.3. The van der Waals surface area contributed by atoms with Gasteiger partial charge in [-0.15, -0.1) is 0 Å². The van der Waals surface area contributed by atoms with Gasteiger partial charge in [0.1, 0.15) is 0 Å². The number of amides is 1. The van der Waals surface area contributed by atoms with Gasteiger partial charge in [-0.05, 0) is 49.4 Å². The summed E-state index contributed by atoms with van der Waals surface area (Å²) in [5.41, 5.74) is 2.19. The number of nitrogens with zero attached hydrogens (tertiary/aromatic N) is 1. The van der Waals surface area contributed by atoms with Crippen LogP contribution in [-0.4, -0.2) is 37.5 Å². The smallest absolute Gasteiger partial charge is 0.223 e. The first-order valence-electron chi connectivity index (χ1n) is 7.72. The molecule has 6 nitrogen and oxygen atoms in total. The van der Waals surface area contributed by atoms with Gasteiger partial charge < -0.3 is 24.3 Å². The number of rotatable bonds is 6. The van der Waals surface area contributed by atoms with Gasteiger partial charge in [-0.25, -0.2) is 0 Å². The van der Waals surface area contributed by atoms with Gasteiger partial charge >= 0.3 is 0 Å². The van der Waals surface area contributed by atoms with Crippen LogP contribution in [0.2, 0.25) is 0 Å². The van der Waals surface area contributed by atoms with Crippen LogP contribution in [0.3, 0.4) is 0 Å². The normalized spacial score (nSPS) is 16.7. The van der Waals surface area contributed by atoms with E-state index in [4.69, 9.17) is 9.47 Å². The summed E-state index contributed by atoms with van der Waals surface area (Å²) in [5.74, 6) is 0.183. The SMILES string of the molecule is COc1cc2c(cc1OC)[C@H](C)N(C(=O)CCCC(=O)[O-])CC2. The molecule has 126 valence electrons. The Bertz CT molecular complexity index is 599. The third kappa shape index (κ3) is 3.75. The second-order valence-corrected chi connectivity index (χ2v) is 5.64. The Kier molecular flexibility index (Phi) is 5.47. The van der Waals surface area contributed by atoms with Crippen molar-refractivity contribution < 1.29 is 24.2 Å². The minimum absolute atomic E-state index is 0.0285. The van der Waals surface area contributed by atoms with Crippen molar-refractivity contribution in [3.8, 4) is 11.5 Å². The van der Waals surface area contributed by atoms with Crippen LogP contribution in [0.1, 0.15) is 43.4 Å². The lowest BCUT2D eigenvalue weighted by Gasteiger charge is -2.36. The Morgan fingerprint density at radius 2 is 1.87 bits per heavy atom. The number of carboxylic acid groups (broad SMARTS) is 1. The van der Waals surface area contributed by atoms with Gasteiger partial charge in [-0.3, -0.25) is 4.79 Å². The summed E-state index contributed by atoms with van der Waals surface area (Å²) in [5, 5.41) is 10.5. The van der Waals surface area contributed by atoms with Crippen LogP contribution in [0, 0.1) is 0 Å². The van der Waals surface area contributed by atoms with Crippen molar-refractivity contribution in [3.63, 3.8) is 0 Å². The third-order valence-electron chi connectivity index (χ3n) is 4.28. The Hall–Kier alpha value is -2.24. The molecule has 0 bridgehead atoms. The third-order valence-corrected chi connectivity index (χ3v) is 4.28. The van der Waals surface area contributed by atoms with Crippen molar-refractivity contribution in [2.75, 3.05) is 20.8 Å². The van der Waals surface area contributed by atoms with Crippen LogP contribution in [0.5, 0.6) is 11.5 Å². The van der Waals surface area contributed by atoms with Crippen molar-refractivity contribution in [3.05, 3.63) is 23.3 Å². The molecular weight excluding hydrogens is 298 g/mol. The maximum Gasteiger partial charge on any atom is 0.223 e. The van der Waals surface area contributed by atoms with Gasteiger partial charge in [0.05, 0.1) is 20.3 Å². The Morgan fingerprint density at radius 1 is 1.22 bits per heavy atom. The van der Waals surface area contributed by atoms with E-state index >= 15 is 0 Å². The van der Waals surface area contributed by atoms with Crippen LogP contribution in [-0.2, 0) is 16.0 Å². The van der Waals surface area contributed by atoms with Crippen LogP contribution >= 0.6 is 0 Å². The zero-order valence-corrected chi connectivity index (χ0v) is 13.8. The molecule has 0 N–H and O–H groups in total. The number of ether oxygens (including phenoxy) is 2. The lowest BCUT2D eigenvalue weighted by molar-refractivity contribution is -0.305. The van der Waals surface area contributed by atoms with Gasteiger partial charge in [0.25, 0.3) is 0 Å². The first kappa shape index (κ1) is 17.1. The van der Waals surface area contributed by atoms with Gasteiger partial charge in [-0.1, -0.05) is 0 Å². The van der Waals surface area contributed by atoms with E-state index in [0.29, 0.717) is 24.5 Å². The fourth-order valence-corrected chi connectivity index (χ4v) is 3.01. The molecule has 23 heavy (non-hydrogen) atoms. The van der Waals surface area contributed by atoms with E-state index < -0.39 is 5.97 Å². The van der Waals surface area contributed by atoms with Crippen molar-refractivity contribution >= 4 is 11.9 Å². The molecule has 0 aliphatic carbocycles. The summed E-state index contributed by atoms with van der Waals surface area (Å²) < 4.78 is 10.7. The van der Waals surface area contributed by atoms with E-state index in [0.717, 1.165) is 17.5 Å². The van der Waals surface area contributed by atoms with E-state index in [1.807, 2.05) is 19.1 Å². The number of carbonyl (C=O) groups is 2. The van der Waals surface area contributed by atoms with E-state index in [1.165, 1.54) is 0 Å². The molecule has 0 fully saturated rings. The Labute approximate surface area is 136 Å². The fourth-order valence-electron chi connectivity index (χ4n) is 3.01. The quantitative estimate of drug-likeness (QED) is 0.783. The predicted molar refractivity (Wildman–Crippen MR) is 82.2 cm³/mol. The lowest BCUT2D eigenvalue weighted by atomic mass is 9.92. The predicted octanol–water partition coefficient (Wildman–Crippen LogP) is 1.07. The summed E-state index contributed by atoms with van der Waals surface area (Å²) in [6.45, 7) is 2.59. The highest BCUT2D eigenvalue weighted by molar-refractivity contribution is 5.78. The van der Waals surface area contributed by atoms with Gasteiger partial charge in [-0.2, -0.15) is 0 Å². The minimum Gasteiger partial charge on any atom is -0.550 e. The fraction of sp³-hybridized carbons (Fsp3) is 0.529. The number of fused-ring (bicyclic) bond motifs is 1. The number of hydrogen-bond donors (Lipinski definition) is 0. The monoisotopic (exact) mass is 320 g/mol. The summed E-state index contributed by atoms with van der Waals surface area (Å²) >= 11 is 0. The summed E-state index contributed by atoms with van der Waals surface area (Å²) in [6, 6.07) is 3.80. The van der Waals surface area contributed by atoms with Crippen LogP contribution < -0.4 is 14.6 Å². The first-order valence-corrected chi connectivity index (χ1v) is 7.72. The molecule has 1 amide bonds. The second kappa shape index (κ2) is 7.35. The summed E-state index contributed by atoms with van der Waals surface area (Å²) in [4.78, 5) is 24.6. The molecule has 6 heteroatoms. The van der Waals surface area contributed by atoms with Gasteiger partial charge in [0.15, 0.2) is 11.5 Å². The minimum atomic E-state index is -1.12. The Morgan fingerprint density at radius 3 is 2.48 bits per heavy atom. The van der Waals surface area contributed by atoms with E-state index in [-0.39, 0.29) is 24.8 Å². The number of benzene rings is 1. The number of methoxy groups -OCH3 is 2. The van der Waals surface area contributed by atoms with E-state index in [2.05, 4.69) is 0 Å². The molecular formula is C17H22NO5-. The Balaban J connectivity index is 2.15. The highest BCUT2D eigenvalue weighted by atomic mass is 16.5. The van der Waals surface area contributed by atoms with Crippen molar-refractivity contribution in [1.82, 2.24) is 4.90 Å². The average Bonchev–Trinajstić information content (AvgIpc) is 2.53. The topological polar surface area (TPSA) is 78.9 Å². The van der Waals surface area contributed by atoms with E-state index in [1.54, 1.807) is 19.1 Å². The number of carbonyl (C=O) groups excluding carboxylic acids is 2. The molecule has 0 saturated heterocycles. The molecule has 0 unspecified atom stereocenters. The van der Waals surface area contributed by atoms with Crippen molar-refractivity contribution in [2.45, 2.75) is 38.6 Å². The van der Waals surface area contributed by atoms with E-state index in [9.17, 15) is 14.7 Å². The molecule has 1 heterocycles. The molecule has 1 atom stereocenters. The molecule has 1 aromatic rings. The van der Waals surface area contributed by atoms with Crippen molar-refractivity contribution in [1.29, 1.82) is 0 Å². The molecule has 1 aromatic carbocycles. The highest BCUT2D eigenvalue weighted by Gasteiger charge is 2.28. The average molecular weight is 320 g/mol. The number of hydrogen-bond acceptors (Lipinski definition) is 5. The molecule has 2 rings (SSSR count). The first-order chi connectivity index (χ1) is 11.0. The van der Waals surface area contributed by atoms with Crippen LogP contribution in [0.25, 0.3) is 0 Å². The van der Waals surface area contributed by atoms with Crippen LogP contribution in [0.15, 0.2) is 12.1 Å². The van der Waals surface area contributed by atoms with Crippen molar-refractivity contribution in [2.24, 2.45) is 0 Å². The summed E-state index contributed by atoms with van der Waals surface area (Å²) in [6.07, 6.45) is 1.19. The van der Waals surface area contributed by atoms with Crippen LogP contribution in [0.4, 0.5) is 0 Å². The molecule has 0 saturated carbocycles. The molecule has 0 radical (unpaired) electrons. The zero-order valence-electron chi connectivity index (χ0n) is 13.8. The standard InChI is InChI=1S/C17H23NO5/c1-11-13-10-15(23-3)14(22-2)9-12(13)7-8-18(11)16(19)5-4-6-17(20)21/h9-11H,4-8H2,1-3H3,(H,20,21)/p-1/t11-/m0/s1. The molecule has 1 aliphatic rings. The largest absolute Gasteiger partial charge is 0.550 e. The molecule has 1 aliphatic heterocycles. The lowest BCUT2D eigenvalue weighted by Crippen LogP contribution is -2.39. The highest BCUT2D eigenvalue weighted by Crippen LogP contribution is 2.38. The zero-order chi connectivity index (χ0) is 17.0. The van der Waals surface area contributed by atoms with Gasteiger partial charge in [0, 0.05) is 18.9 Å². The number of carboxylic acids is 1. The molecule has 0 spiro atoms. The van der Waals surface area contributed by atoms with Gasteiger partial charge in [0.2, 0.25) is 5.91 Å². The number of aliphatic carboxylic acids is 1. The second-order valence-electron chi connectivity index (χ2n) is 5.64. The summed E-state index contributed by atoms with van der Waals surface area (Å²) in [7, 11) is 3.18. The molecule has 0 aromatic heterocycles. The maximum atomic E-state index is 12.3.